The molecule has 3 aromatic carbocycles. The molecule has 4 saturated heterocycles. The number of anilines is 1. The van der Waals surface area contributed by atoms with Crippen molar-refractivity contribution in [2.45, 2.75) is 51.0 Å². The van der Waals surface area contributed by atoms with Gasteiger partial charge >= 0.3 is 0 Å². The summed E-state index contributed by atoms with van der Waals surface area (Å²) in [5, 5.41) is 10.2. The fourth-order valence-corrected chi connectivity index (χ4v) is 9.66. The highest BCUT2D eigenvalue weighted by Crippen LogP contribution is 2.33. The second-order valence-electron chi connectivity index (χ2n) is 16.8. The minimum absolute atomic E-state index is 0.0263. The molecule has 0 bridgehead atoms. The van der Waals surface area contributed by atoms with Crippen molar-refractivity contribution >= 4 is 51.9 Å². The molecule has 4 aromatic rings. The summed E-state index contributed by atoms with van der Waals surface area (Å²) in [6, 6.07) is 15.9. The number of amides is 6. The number of benzene rings is 3. The van der Waals surface area contributed by atoms with Gasteiger partial charge in [0.25, 0.3) is 23.3 Å². The van der Waals surface area contributed by atoms with Gasteiger partial charge < -0.3 is 19.6 Å². The van der Waals surface area contributed by atoms with E-state index < -0.39 is 41.4 Å². The van der Waals surface area contributed by atoms with E-state index in [0.29, 0.717) is 60.5 Å². The van der Waals surface area contributed by atoms with E-state index in [0.717, 1.165) is 69.0 Å². The van der Waals surface area contributed by atoms with Crippen LogP contribution in [-0.4, -0.2) is 130 Å². The summed E-state index contributed by atoms with van der Waals surface area (Å²) in [6.45, 7) is 5.64. The number of nitrogens with one attached hydrogen (secondary N) is 2. The summed E-state index contributed by atoms with van der Waals surface area (Å²) < 4.78 is 15.1. The van der Waals surface area contributed by atoms with Crippen molar-refractivity contribution in [2.75, 3.05) is 63.8 Å². The maximum Gasteiger partial charge on any atom is 0.272 e. The maximum atomic E-state index is 15.1. The number of carbonyl (C=O) groups is 6. The molecule has 6 amide bonds. The Bertz CT molecular complexity index is 2500. The molecule has 5 aliphatic heterocycles. The molecule has 15 nitrogen and oxygen atoms in total. The van der Waals surface area contributed by atoms with Crippen molar-refractivity contribution in [2.24, 2.45) is 11.8 Å². The number of fused-ring (bicyclic) bond motifs is 2. The number of aromatic nitrogens is 2. The van der Waals surface area contributed by atoms with Crippen LogP contribution in [-0.2, 0) is 20.8 Å². The van der Waals surface area contributed by atoms with Gasteiger partial charge in [-0.05, 0) is 93.1 Å². The normalized spacial score (nSPS) is 20.7. The van der Waals surface area contributed by atoms with Crippen LogP contribution < -0.4 is 15.8 Å². The summed E-state index contributed by atoms with van der Waals surface area (Å²) in [7, 11) is 0. The molecule has 0 aliphatic carbocycles. The number of aromatic amines is 1. The van der Waals surface area contributed by atoms with E-state index in [4.69, 9.17) is 0 Å². The number of piperazine rings is 1. The zero-order valence-electron chi connectivity index (χ0n) is 33.7. The molecular formula is C45H47FN8O7. The Morgan fingerprint density at radius 2 is 1.44 bits per heavy atom. The predicted octanol–water partition coefficient (Wildman–Crippen LogP) is 2.97. The molecule has 1 unspecified atom stereocenters. The number of likely N-dealkylation sites (tertiary alicyclic amines) is 1. The smallest absolute Gasteiger partial charge is 0.272 e. The standard InChI is InChI=1S/C45H47FN8O7/c46-36-8-5-28(24-37-31-3-1-2-4-32(31)40(56)49-48-37)23-35(36)43(59)53-21-19-52(20-22-53)42(58)29-13-15-50(16-14-29)26-27-11-17-51(18-12-27)30-6-7-33-34(25-30)45(61)54(44(33)60)38-9-10-39(55)47-41(38)57/h1-8,23,25,27,29,38H,9-22,24,26H2,(H,49,56)(H,47,55,57). The molecule has 5 aliphatic rings. The Morgan fingerprint density at radius 3 is 2.18 bits per heavy atom. The predicted molar refractivity (Wildman–Crippen MR) is 221 cm³/mol. The third kappa shape index (κ3) is 7.91. The van der Waals surface area contributed by atoms with Gasteiger partial charge in [-0.1, -0.05) is 24.3 Å². The van der Waals surface area contributed by atoms with Gasteiger partial charge in [-0.15, -0.1) is 0 Å². The zero-order chi connectivity index (χ0) is 42.4. The summed E-state index contributed by atoms with van der Waals surface area (Å²) in [4.78, 5) is 99.1. The molecule has 61 heavy (non-hydrogen) atoms. The lowest BCUT2D eigenvalue weighted by molar-refractivity contribution is -0.139. The molecule has 316 valence electrons. The van der Waals surface area contributed by atoms with Gasteiger partial charge in [0, 0.05) is 75.6 Å². The highest BCUT2D eigenvalue weighted by atomic mass is 19.1. The van der Waals surface area contributed by atoms with Crippen molar-refractivity contribution in [3.8, 4) is 0 Å². The minimum atomic E-state index is -0.993. The van der Waals surface area contributed by atoms with Crippen LogP contribution in [0, 0.1) is 17.7 Å². The molecular weight excluding hydrogens is 784 g/mol. The van der Waals surface area contributed by atoms with Crippen LogP contribution >= 0.6 is 0 Å². The monoisotopic (exact) mass is 830 g/mol. The van der Waals surface area contributed by atoms with Crippen molar-refractivity contribution in [3.05, 3.63) is 105 Å². The molecule has 16 heteroatoms. The first-order valence-electron chi connectivity index (χ1n) is 21.2. The Labute approximate surface area is 350 Å². The van der Waals surface area contributed by atoms with Crippen molar-refractivity contribution in [1.29, 1.82) is 0 Å². The summed E-state index contributed by atoms with van der Waals surface area (Å²) in [5.41, 5.74) is 2.42. The number of imide groups is 2. The molecule has 0 spiro atoms. The molecule has 9 rings (SSSR count). The van der Waals surface area contributed by atoms with Crippen LogP contribution in [0.2, 0.25) is 0 Å². The van der Waals surface area contributed by atoms with E-state index in [-0.39, 0.29) is 46.9 Å². The van der Waals surface area contributed by atoms with Crippen molar-refractivity contribution in [3.63, 3.8) is 0 Å². The number of carbonyl (C=O) groups excluding carboxylic acids is 6. The molecule has 2 N–H and O–H groups in total. The van der Waals surface area contributed by atoms with Gasteiger partial charge in [0.2, 0.25) is 17.7 Å². The third-order valence-electron chi connectivity index (χ3n) is 13.1. The van der Waals surface area contributed by atoms with Gasteiger partial charge in [-0.25, -0.2) is 9.49 Å². The Balaban J connectivity index is 0.724. The Morgan fingerprint density at radius 1 is 0.738 bits per heavy atom. The largest absolute Gasteiger partial charge is 0.371 e. The molecule has 0 saturated carbocycles. The molecule has 1 aromatic heterocycles. The average Bonchev–Trinajstić information content (AvgIpc) is 3.53. The van der Waals surface area contributed by atoms with E-state index in [1.54, 1.807) is 41.3 Å². The third-order valence-corrected chi connectivity index (χ3v) is 13.1. The fourth-order valence-electron chi connectivity index (χ4n) is 9.66. The molecule has 1 atom stereocenters. The zero-order valence-corrected chi connectivity index (χ0v) is 33.7. The number of hydrogen-bond donors (Lipinski definition) is 2. The second kappa shape index (κ2) is 16.6. The van der Waals surface area contributed by atoms with Crippen LogP contribution in [0.3, 0.4) is 0 Å². The fraction of sp³-hybridized carbons (Fsp3) is 0.422. The van der Waals surface area contributed by atoms with Gasteiger partial charge in [-0.2, -0.15) is 5.10 Å². The van der Waals surface area contributed by atoms with E-state index in [1.165, 1.54) is 6.07 Å². The van der Waals surface area contributed by atoms with E-state index in [2.05, 4.69) is 25.3 Å². The Hall–Kier alpha value is -6.29. The van der Waals surface area contributed by atoms with Crippen LogP contribution in [0.4, 0.5) is 10.1 Å². The summed E-state index contributed by atoms with van der Waals surface area (Å²) >= 11 is 0. The molecule has 4 fully saturated rings. The van der Waals surface area contributed by atoms with Gasteiger partial charge in [0.05, 0.1) is 27.8 Å². The quantitative estimate of drug-likeness (QED) is 0.251. The molecule has 6 heterocycles. The van der Waals surface area contributed by atoms with E-state index in [9.17, 15) is 33.6 Å². The van der Waals surface area contributed by atoms with Crippen molar-refractivity contribution < 1.29 is 33.2 Å². The van der Waals surface area contributed by atoms with E-state index in [1.807, 2.05) is 23.1 Å². The SMILES string of the molecule is O=C1CCC(N2C(=O)c3ccc(N4CCC(CN5CCC(C(=O)N6CCN(C(=O)c7cc(Cc8n[nH]c(=O)c9ccccc89)ccc7F)CC6)CC5)CC4)cc3C2=O)C(=O)N1. The molecule has 0 radical (unpaired) electrons. The lowest BCUT2D eigenvalue weighted by Crippen LogP contribution is -2.54. The van der Waals surface area contributed by atoms with Crippen LogP contribution in [0.1, 0.15) is 80.9 Å². The highest BCUT2D eigenvalue weighted by molar-refractivity contribution is 6.23. The van der Waals surface area contributed by atoms with Crippen LogP contribution in [0.5, 0.6) is 0 Å². The number of H-pyrrole nitrogens is 1. The first kappa shape index (κ1) is 40.1. The summed E-state index contributed by atoms with van der Waals surface area (Å²) in [5.74, 6) is -2.55. The lowest BCUT2D eigenvalue weighted by Gasteiger charge is -2.40. The van der Waals surface area contributed by atoms with Gasteiger partial charge in [0.15, 0.2) is 0 Å². The number of nitrogens with zero attached hydrogens (tertiary/aromatic N) is 6. The van der Waals surface area contributed by atoms with Crippen LogP contribution in [0.25, 0.3) is 10.8 Å². The van der Waals surface area contributed by atoms with Crippen LogP contribution in [0.15, 0.2) is 65.5 Å². The first-order chi connectivity index (χ1) is 29.5. The van der Waals surface area contributed by atoms with Crippen molar-refractivity contribution in [1.82, 2.24) is 35.1 Å². The number of hydrogen-bond acceptors (Lipinski definition) is 10. The van der Waals surface area contributed by atoms with Gasteiger partial charge in [0.1, 0.15) is 11.9 Å². The second-order valence-corrected chi connectivity index (χ2v) is 16.8. The number of halogens is 1. The highest BCUT2D eigenvalue weighted by Gasteiger charge is 2.45. The van der Waals surface area contributed by atoms with E-state index >= 15 is 4.39 Å². The topological polar surface area (TPSA) is 176 Å². The summed E-state index contributed by atoms with van der Waals surface area (Å²) in [6.07, 6.45) is 3.97. The Kier molecular flexibility index (Phi) is 10.9. The lowest BCUT2D eigenvalue weighted by atomic mass is 9.91. The average molecular weight is 831 g/mol. The minimum Gasteiger partial charge on any atom is -0.371 e. The number of rotatable bonds is 8. The maximum absolute atomic E-state index is 15.1. The first-order valence-corrected chi connectivity index (χ1v) is 21.2. The van der Waals surface area contributed by atoms with Gasteiger partial charge in [-0.3, -0.25) is 43.8 Å². The number of piperidine rings is 3.